The molecular formula is C6H11F4O4P. The molecular weight excluding hydrogens is 243 g/mol. The average molecular weight is 254 g/mol. The quantitative estimate of drug-likeness (QED) is 0.378. The Kier molecular flexibility index (Phi) is 7.08. The van der Waals surface area contributed by atoms with Gasteiger partial charge in [0.15, 0.2) is 0 Å². The predicted molar refractivity (Wildman–Crippen MR) is 42.6 cm³/mol. The fourth-order valence-corrected chi connectivity index (χ4v) is 1.38. The van der Waals surface area contributed by atoms with Crippen LogP contribution in [-0.2, 0) is 18.3 Å². The number of halogens is 4. The molecule has 15 heavy (non-hydrogen) atoms. The number of rotatable bonds is 8. The van der Waals surface area contributed by atoms with Crippen LogP contribution in [0.2, 0.25) is 0 Å². The molecule has 0 heterocycles. The molecule has 0 spiro atoms. The smallest absolute Gasteiger partial charge is 0.285 e. The molecule has 4 nitrogen and oxygen atoms in total. The van der Waals surface area contributed by atoms with Crippen LogP contribution in [0, 0.1) is 0 Å². The molecule has 0 aromatic carbocycles. The van der Waals surface area contributed by atoms with Crippen LogP contribution < -0.4 is 0 Å². The largest absolute Gasteiger partial charge is 0.508 e. The van der Waals surface area contributed by atoms with E-state index in [9.17, 15) is 22.3 Å². The maximum atomic E-state index is 12.2. The summed E-state index contributed by atoms with van der Waals surface area (Å²) in [6.07, 6.45) is -5.76. The van der Waals surface area contributed by atoms with Gasteiger partial charge in [-0.05, 0) is 10.9 Å². The summed E-state index contributed by atoms with van der Waals surface area (Å²) in [5.74, 6) is 0. The van der Waals surface area contributed by atoms with E-state index in [2.05, 4.69) is 13.8 Å². The van der Waals surface area contributed by atoms with E-state index >= 15 is 0 Å². The summed E-state index contributed by atoms with van der Waals surface area (Å²) in [5, 5.41) is 0. The van der Waals surface area contributed by atoms with Crippen molar-refractivity contribution in [3.05, 3.63) is 0 Å². The summed E-state index contributed by atoms with van der Waals surface area (Å²) < 4.78 is 68.6. The van der Waals surface area contributed by atoms with Gasteiger partial charge in [-0.1, -0.05) is 18.1 Å². The van der Waals surface area contributed by atoms with Crippen molar-refractivity contribution in [2.45, 2.75) is 32.5 Å². The summed E-state index contributed by atoms with van der Waals surface area (Å²) in [6, 6.07) is 0. The first kappa shape index (κ1) is 14.8. The highest BCUT2D eigenvalue weighted by atomic mass is 31.2. The van der Waals surface area contributed by atoms with E-state index in [4.69, 9.17) is 0 Å². The fourth-order valence-electron chi connectivity index (χ4n) is 0.557. The normalized spacial score (nSPS) is 17.7. The molecule has 0 rings (SSSR count). The Balaban J connectivity index is 4.12. The Morgan fingerprint density at radius 2 is 1.93 bits per heavy atom. The third-order valence-electron chi connectivity index (χ3n) is 1.26. The Hall–Kier alpha value is -0.170. The number of phosphoric ester groups is 1. The molecule has 0 aliphatic carbocycles. The maximum absolute atomic E-state index is 12.2. The lowest BCUT2D eigenvalue weighted by molar-refractivity contribution is -0.119. The van der Waals surface area contributed by atoms with E-state index in [0.717, 1.165) is 0 Å². The Labute approximate surface area is 84.0 Å². The zero-order valence-electron chi connectivity index (χ0n) is 7.87. The van der Waals surface area contributed by atoms with Gasteiger partial charge in [-0.3, -0.25) is 4.52 Å². The second-order valence-electron chi connectivity index (χ2n) is 2.49. The molecule has 0 aromatic heterocycles. The second-order valence-corrected chi connectivity index (χ2v) is 4.00. The highest BCUT2D eigenvalue weighted by molar-refractivity contribution is 7.48. The van der Waals surface area contributed by atoms with Crippen molar-refractivity contribution < 1.29 is 36.0 Å². The Morgan fingerprint density at radius 3 is 2.33 bits per heavy atom. The van der Waals surface area contributed by atoms with Crippen LogP contribution in [0.5, 0.6) is 0 Å². The first-order valence-electron chi connectivity index (χ1n) is 4.10. The van der Waals surface area contributed by atoms with E-state index in [1.165, 1.54) is 0 Å². The number of phosphoric acid groups is 1. The Morgan fingerprint density at radius 1 is 1.33 bits per heavy atom. The molecule has 0 N–H and O–H groups in total. The zero-order valence-corrected chi connectivity index (χ0v) is 8.76. The van der Waals surface area contributed by atoms with Gasteiger partial charge in [-0.25, -0.2) is 22.3 Å². The lowest BCUT2D eigenvalue weighted by atomic mass is 10.4. The standard InChI is InChI=1S/C6H11F4O4P/c1-2-3-4-12-15(11,14-10)13-6(9)5(7)8/h5-6H,2-4H2,1H3. The highest BCUT2D eigenvalue weighted by Gasteiger charge is 2.36. The third-order valence-corrected chi connectivity index (χ3v) is 2.39. The summed E-state index contributed by atoms with van der Waals surface area (Å²) in [4.78, 5) is 0. The van der Waals surface area contributed by atoms with Crippen LogP contribution in [0.3, 0.4) is 0 Å². The van der Waals surface area contributed by atoms with Crippen molar-refractivity contribution in [3.63, 3.8) is 0 Å². The Bertz CT molecular complexity index is 215. The van der Waals surface area contributed by atoms with Gasteiger partial charge < -0.3 is 0 Å². The van der Waals surface area contributed by atoms with Crippen LogP contribution in [0.4, 0.5) is 17.7 Å². The van der Waals surface area contributed by atoms with Crippen molar-refractivity contribution in [1.82, 2.24) is 0 Å². The first-order valence-corrected chi connectivity index (χ1v) is 5.56. The van der Waals surface area contributed by atoms with Gasteiger partial charge in [0.25, 0.3) is 12.8 Å². The van der Waals surface area contributed by atoms with Crippen molar-refractivity contribution >= 4 is 7.82 Å². The molecule has 0 aromatic rings. The van der Waals surface area contributed by atoms with E-state index in [-0.39, 0.29) is 6.61 Å². The molecule has 0 fully saturated rings. The lowest BCUT2D eigenvalue weighted by Crippen LogP contribution is -2.16. The molecule has 2 unspecified atom stereocenters. The molecule has 0 saturated heterocycles. The molecule has 9 heteroatoms. The number of alkyl halides is 3. The summed E-state index contributed by atoms with van der Waals surface area (Å²) in [5.41, 5.74) is 0. The van der Waals surface area contributed by atoms with E-state index < -0.39 is 20.6 Å². The minimum absolute atomic E-state index is 0.242. The fraction of sp³-hybridized carbons (Fsp3) is 1.00. The van der Waals surface area contributed by atoms with Crippen LogP contribution >= 0.6 is 7.82 Å². The minimum Gasteiger partial charge on any atom is -0.285 e. The average Bonchev–Trinajstić information content (AvgIpc) is 2.18. The van der Waals surface area contributed by atoms with Crippen LogP contribution in [-0.4, -0.2) is 19.4 Å². The van der Waals surface area contributed by atoms with E-state index in [1.54, 1.807) is 6.92 Å². The van der Waals surface area contributed by atoms with Gasteiger partial charge in [0.05, 0.1) is 6.61 Å². The van der Waals surface area contributed by atoms with Crippen LogP contribution in [0.1, 0.15) is 19.8 Å². The van der Waals surface area contributed by atoms with Gasteiger partial charge >= 0.3 is 7.82 Å². The number of hydrogen-bond acceptors (Lipinski definition) is 4. The van der Waals surface area contributed by atoms with Crippen molar-refractivity contribution in [1.29, 1.82) is 0 Å². The van der Waals surface area contributed by atoms with Gasteiger partial charge in [0.2, 0.25) is 0 Å². The molecule has 0 amide bonds. The molecule has 2 atom stereocenters. The van der Waals surface area contributed by atoms with Gasteiger partial charge in [-0.15, -0.1) is 0 Å². The van der Waals surface area contributed by atoms with Crippen molar-refractivity contribution in [2.24, 2.45) is 0 Å². The monoisotopic (exact) mass is 254 g/mol. The van der Waals surface area contributed by atoms with Gasteiger partial charge in [-0.2, -0.15) is 0 Å². The minimum atomic E-state index is -4.86. The molecule has 0 aliphatic heterocycles. The van der Waals surface area contributed by atoms with Gasteiger partial charge in [0, 0.05) is 0 Å². The SMILES string of the molecule is CCCCOP(=O)(OF)OC(F)C(F)F. The molecule has 92 valence electrons. The number of unbranched alkanes of at least 4 members (excludes halogenated alkanes) is 1. The molecule has 0 radical (unpaired) electrons. The van der Waals surface area contributed by atoms with E-state index in [1.807, 2.05) is 0 Å². The number of hydrogen-bond donors (Lipinski definition) is 0. The predicted octanol–water partition coefficient (Wildman–Crippen LogP) is 3.39. The highest BCUT2D eigenvalue weighted by Crippen LogP contribution is 2.51. The first-order chi connectivity index (χ1) is 6.95. The van der Waals surface area contributed by atoms with Gasteiger partial charge in [0.1, 0.15) is 0 Å². The topological polar surface area (TPSA) is 44.8 Å². The summed E-state index contributed by atoms with van der Waals surface area (Å²) in [7, 11) is -4.86. The maximum Gasteiger partial charge on any atom is 0.508 e. The van der Waals surface area contributed by atoms with Crippen molar-refractivity contribution in [2.75, 3.05) is 6.61 Å². The van der Waals surface area contributed by atoms with Crippen LogP contribution in [0.25, 0.3) is 0 Å². The molecule has 0 bridgehead atoms. The van der Waals surface area contributed by atoms with Crippen LogP contribution in [0.15, 0.2) is 0 Å². The molecule has 0 saturated carbocycles. The van der Waals surface area contributed by atoms with E-state index in [0.29, 0.717) is 12.8 Å². The van der Waals surface area contributed by atoms with Crippen molar-refractivity contribution in [3.8, 4) is 0 Å². The summed E-state index contributed by atoms with van der Waals surface area (Å²) >= 11 is 0. The molecule has 0 aliphatic rings. The lowest BCUT2D eigenvalue weighted by Gasteiger charge is -2.15. The second kappa shape index (κ2) is 7.16. The zero-order chi connectivity index (χ0) is 11.9. The third kappa shape index (κ3) is 6.09. The summed E-state index contributed by atoms with van der Waals surface area (Å²) in [6.45, 7) is 1.51.